The number of allylic oxidation sites excluding steroid dienone is 1. The minimum Gasteiger partial charge on any atom is -0.324 e. The minimum absolute atomic E-state index is 0.0875. The fourth-order valence-electron chi connectivity index (χ4n) is 2.59. The number of hydrogen-bond donors (Lipinski definition) is 1. The fraction of sp³-hybridized carbons (Fsp3) is 0.211. The van der Waals surface area contributed by atoms with Gasteiger partial charge in [0.25, 0.3) is 5.56 Å². The number of hydrogen-bond acceptors (Lipinski definition) is 5. The number of para-hydroxylation sites is 1. The van der Waals surface area contributed by atoms with Gasteiger partial charge in [0.1, 0.15) is 4.83 Å². The second kappa shape index (κ2) is 8.41. The number of anilines is 1. The first-order valence-corrected chi connectivity index (χ1v) is 10.8. The molecule has 140 valence electrons. The second-order valence-corrected chi connectivity index (χ2v) is 8.88. The van der Waals surface area contributed by atoms with E-state index < -0.39 is 0 Å². The predicted octanol–water partition coefficient (Wildman–Crippen LogP) is 4.75. The molecule has 0 aliphatic heterocycles. The molecule has 2 aromatic heterocycles. The number of thioether (sulfide) groups is 1. The van der Waals surface area contributed by atoms with E-state index in [-0.39, 0.29) is 17.2 Å². The van der Waals surface area contributed by atoms with Gasteiger partial charge in [-0.3, -0.25) is 14.2 Å². The average Bonchev–Trinajstić information content (AvgIpc) is 2.92. The van der Waals surface area contributed by atoms with Crippen LogP contribution in [0.5, 0.6) is 0 Å². The molecule has 5 nitrogen and oxygen atoms in total. The van der Waals surface area contributed by atoms with Crippen molar-refractivity contribution < 1.29 is 4.79 Å². The largest absolute Gasteiger partial charge is 0.324 e. The first-order valence-electron chi connectivity index (χ1n) is 8.21. The molecule has 0 aliphatic carbocycles. The Morgan fingerprint density at radius 3 is 2.85 bits per heavy atom. The van der Waals surface area contributed by atoms with E-state index in [0.717, 1.165) is 14.9 Å². The van der Waals surface area contributed by atoms with E-state index in [1.165, 1.54) is 23.1 Å². The van der Waals surface area contributed by atoms with Crippen LogP contribution >= 0.6 is 39.0 Å². The monoisotopic (exact) mass is 463 g/mol. The highest BCUT2D eigenvalue weighted by atomic mass is 79.9. The number of carbonyl (C=O) groups excluding carboxylic acids is 1. The highest BCUT2D eigenvalue weighted by Crippen LogP contribution is 2.28. The van der Waals surface area contributed by atoms with Gasteiger partial charge in [-0.2, -0.15) is 0 Å². The van der Waals surface area contributed by atoms with Crippen molar-refractivity contribution in [3.8, 4) is 0 Å². The van der Waals surface area contributed by atoms with Crippen molar-refractivity contribution in [2.24, 2.45) is 0 Å². The number of nitrogens with one attached hydrogen (secondary N) is 1. The SMILES string of the molecule is C=CCn1c(SCC(=O)Nc2ccccc2Br)nc2sc(C)c(C)c2c1=O. The fourth-order valence-corrected chi connectivity index (χ4v) is 4.85. The second-order valence-electron chi connectivity index (χ2n) is 5.88. The van der Waals surface area contributed by atoms with E-state index in [9.17, 15) is 9.59 Å². The number of fused-ring (bicyclic) bond motifs is 1. The molecule has 3 rings (SSSR count). The highest BCUT2D eigenvalue weighted by Gasteiger charge is 2.17. The summed E-state index contributed by atoms with van der Waals surface area (Å²) in [7, 11) is 0. The molecule has 0 spiro atoms. The third-order valence-electron chi connectivity index (χ3n) is 4.05. The van der Waals surface area contributed by atoms with Crippen molar-refractivity contribution >= 4 is 60.8 Å². The van der Waals surface area contributed by atoms with Crippen LogP contribution in [0.15, 0.2) is 51.3 Å². The molecule has 0 unspecified atom stereocenters. The summed E-state index contributed by atoms with van der Waals surface area (Å²) < 4.78 is 2.39. The van der Waals surface area contributed by atoms with Gasteiger partial charge < -0.3 is 5.32 Å². The number of nitrogens with zero attached hydrogens (tertiary/aromatic N) is 2. The van der Waals surface area contributed by atoms with Gasteiger partial charge in [-0.1, -0.05) is 30.0 Å². The van der Waals surface area contributed by atoms with Crippen LogP contribution in [0.3, 0.4) is 0 Å². The molecule has 27 heavy (non-hydrogen) atoms. The zero-order valence-corrected chi connectivity index (χ0v) is 18.1. The third-order valence-corrected chi connectivity index (χ3v) is 6.81. The lowest BCUT2D eigenvalue weighted by Gasteiger charge is -2.11. The molecule has 2 heterocycles. The quantitative estimate of drug-likeness (QED) is 0.325. The Bertz CT molecular complexity index is 1090. The maximum atomic E-state index is 12.9. The van der Waals surface area contributed by atoms with Crippen LogP contribution in [0.2, 0.25) is 0 Å². The molecule has 0 saturated heterocycles. The van der Waals surface area contributed by atoms with Crippen molar-refractivity contribution in [1.29, 1.82) is 0 Å². The van der Waals surface area contributed by atoms with Gasteiger partial charge >= 0.3 is 0 Å². The highest BCUT2D eigenvalue weighted by molar-refractivity contribution is 9.10. The summed E-state index contributed by atoms with van der Waals surface area (Å²) in [5.41, 5.74) is 1.59. The van der Waals surface area contributed by atoms with Crippen molar-refractivity contribution in [3.63, 3.8) is 0 Å². The summed E-state index contributed by atoms with van der Waals surface area (Å²) >= 11 is 6.16. The van der Waals surface area contributed by atoms with E-state index in [4.69, 9.17) is 0 Å². The van der Waals surface area contributed by atoms with Crippen LogP contribution in [0, 0.1) is 13.8 Å². The van der Waals surface area contributed by atoms with Crippen molar-refractivity contribution in [2.45, 2.75) is 25.5 Å². The van der Waals surface area contributed by atoms with E-state index in [1.807, 2.05) is 38.1 Å². The summed E-state index contributed by atoms with van der Waals surface area (Å²) in [6.45, 7) is 8.00. The number of thiophene rings is 1. The Balaban J connectivity index is 1.86. The first kappa shape index (κ1) is 19.9. The molecule has 0 atom stereocenters. The molecule has 3 aromatic rings. The number of benzene rings is 1. The standard InChI is InChI=1S/C19H18BrN3O2S2/c1-4-9-23-18(25)16-11(2)12(3)27-17(16)22-19(23)26-10-15(24)21-14-8-6-5-7-13(14)20/h4-8H,1,9-10H2,2-3H3,(H,21,24). The number of amides is 1. The molecule has 0 bridgehead atoms. The predicted molar refractivity (Wildman–Crippen MR) is 117 cm³/mol. The number of rotatable bonds is 6. The van der Waals surface area contributed by atoms with Gasteiger partial charge in [-0.25, -0.2) is 4.98 Å². The summed E-state index contributed by atoms with van der Waals surface area (Å²) in [6, 6.07) is 7.42. The third kappa shape index (κ3) is 4.17. The van der Waals surface area contributed by atoms with Gasteiger partial charge in [0, 0.05) is 15.9 Å². The Kier molecular flexibility index (Phi) is 6.18. The normalized spacial score (nSPS) is 10.9. The number of carbonyl (C=O) groups is 1. The lowest BCUT2D eigenvalue weighted by molar-refractivity contribution is -0.113. The van der Waals surface area contributed by atoms with Crippen LogP contribution in [0.4, 0.5) is 5.69 Å². The number of aromatic nitrogens is 2. The van der Waals surface area contributed by atoms with Crippen LogP contribution < -0.4 is 10.9 Å². The lowest BCUT2D eigenvalue weighted by atomic mass is 10.2. The molecule has 1 amide bonds. The maximum absolute atomic E-state index is 12.9. The summed E-state index contributed by atoms with van der Waals surface area (Å²) in [5, 5.41) is 4.04. The molecule has 1 aromatic carbocycles. The van der Waals surface area contributed by atoms with Crippen molar-refractivity contribution in [1.82, 2.24) is 9.55 Å². The van der Waals surface area contributed by atoms with Crippen LogP contribution in [-0.4, -0.2) is 21.2 Å². The van der Waals surface area contributed by atoms with Crippen LogP contribution in [0.25, 0.3) is 10.2 Å². The Hall–Kier alpha value is -1.90. The Labute approximate surface area is 173 Å². The Morgan fingerprint density at radius 2 is 2.15 bits per heavy atom. The van der Waals surface area contributed by atoms with E-state index in [0.29, 0.717) is 27.6 Å². The minimum atomic E-state index is -0.162. The van der Waals surface area contributed by atoms with Crippen LogP contribution in [0.1, 0.15) is 10.4 Å². The Morgan fingerprint density at radius 1 is 1.41 bits per heavy atom. The molecule has 0 radical (unpaired) electrons. The molecular weight excluding hydrogens is 446 g/mol. The maximum Gasteiger partial charge on any atom is 0.263 e. The zero-order chi connectivity index (χ0) is 19.6. The number of aryl methyl sites for hydroxylation is 2. The number of halogens is 1. The zero-order valence-electron chi connectivity index (χ0n) is 14.9. The van der Waals surface area contributed by atoms with Crippen molar-refractivity contribution in [2.75, 3.05) is 11.1 Å². The molecule has 0 saturated carbocycles. The topological polar surface area (TPSA) is 64.0 Å². The van der Waals surface area contributed by atoms with Gasteiger partial charge in [-0.05, 0) is 47.5 Å². The van der Waals surface area contributed by atoms with Gasteiger partial charge in [0.2, 0.25) is 5.91 Å². The molecule has 8 heteroatoms. The molecule has 0 aliphatic rings. The average molecular weight is 464 g/mol. The summed E-state index contributed by atoms with van der Waals surface area (Å²) in [5.74, 6) is -0.00955. The molecule has 1 N–H and O–H groups in total. The first-order chi connectivity index (χ1) is 12.9. The molecule has 0 fully saturated rings. The van der Waals surface area contributed by atoms with Gasteiger partial charge in [-0.15, -0.1) is 17.9 Å². The summed E-state index contributed by atoms with van der Waals surface area (Å²) in [6.07, 6.45) is 1.66. The molecular formula is C19H18BrN3O2S2. The van der Waals surface area contributed by atoms with Crippen LogP contribution in [-0.2, 0) is 11.3 Å². The van der Waals surface area contributed by atoms with Gasteiger partial charge in [0.15, 0.2) is 5.16 Å². The van der Waals surface area contributed by atoms with E-state index in [2.05, 4.69) is 32.8 Å². The smallest absolute Gasteiger partial charge is 0.263 e. The lowest BCUT2D eigenvalue weighted by Crippen LogP contribution is -2.23. The van der Waals surface area contributed by atoms with Gasteiger partial charge in [0.05, 0.1) is 16.8 Å². The summed E-state index contributed by atoms with van der Waals surface area (Å²) in [4.78, 5) is 31.7. The van der Waals surface area contributed by atoms with E-state index >= 15 is 0 Å². The van der Waals surface area contributed by atoms with E-state index in [1.54, 1.807) is 10.6 Å². The van der Waals surface area contributed by atoms with Crippen molar-refractivity contribution in [3.05, 3.63) is 62.2 Å².